The Hall–Kier alpha value is -3.05. The molecule has 1 saturated heterocycles. The van der Waals surface area contributed by atoms with Gasteiger partial charge in [-0.15, -0.1) is 0 Å². The van der Waals surface area contributed by atoms with Crippen molar-refractivity contribution in [3.8, 4) is 0 Å². The van der Waals surface area contributed by atoms with Crippen LogP contribution in [0.2, 0.25) is 0 Å². The van der Waals surface area contributed by atoms with Gasteiger partial charge in [0, 0.05) is 47.2 Å². The highest BCUT2D eigenvalue weighted by Crippen LogP contribution is 2.33. The van der Waals surface area contributed by atoms with Crippen LogP contribution in [0.5, 0.6) is 0 Å². The van der Waals surface area contributed by atoms with Crippen LogP contribution in [0.1, 0.15) is 23.0 Å². The van der Waals surface area contributed by atoms with Crippen LogP contribution < -0.4 is 10.2 Å². The number of H-pyrrole nitrogens is 1. The highest BCUT2D eigenvalue weighted by molar-refractivity contribution is 9.10. The molecular formula is C24H24BrF3N4O3. The lowest BCUT2D eigenvalue weighted by atomic mass is 10.1. The number of esters is 1. The zero-order valence-electron chi connectivity index (χ0n) is 19.1. The topological polar surface area (TPSA) is 77.7 Å². The van der Waals surface area contributed by atoms with Gasteiger partial charge in [0.2, 0.25) is 5.91 Å². The molecule has 0 radical (unpaired) electrons. The van der Waals surface area contributed by atoms with Crippen LogP contribution in [-0.4, -0.2) is 61.1 Å². The number of hydrogen-bond acceptors (Lipinski definition) is 5. The van der Waals surface area contributed by atoms with Crippen molar-refractivity contribution in [1.29, 1.82) is 0 Å². The molecule has 35 heavy (non-hydrogen) atoms. The number of ether oxygens (including phenoxy) is 1. The number of aromatic nitrogens is 1. The Kier molecular flexibility index (Phi) is 7.09. The van der Waals surface area contributed by atoms with Gasteiger partial charge in [-0.05, 0) is 43.3 Å². The number of nitrogens with zero attached hydrogens (tertiary/aromatic N) is 2. The van der Waals surface area contributed by atoms with Gasteiger partial charge in [0.1, 0.15) is 5.69 Å². The number of piperazine rings is 1. The van der Waals surface area contributed by atoms with Gasteiger partial charge in [-0.1, -0.05) is 22.0 Å². The third-order valence-corrected chi connectivity index (χ3v) is 6.67. The predicted molar refractivity (Wildman–Crippen MR) is 131 cm³/mol. The molecular weight excluding hydrogens is 529 g/mol. The van der Waals surface area contributed by atoms with Crippen LogP contribution in [0.3, 0.4) is 0 Å². The van der Waals surface area contributed by atoms with Crippen LogP contribution >= 0.6 is 15.9 Å². The average molecular weight is 553 g/mol. The molecule has 186 valence electrons. The first-order chi connectivity index (χ1) is 16.6. The number of aromatic amines is 1. The highest BCUT2D eigenvalue weighted by Gasteiger charge is 2.32. The average Bonchev–Trinajstić information content (AvgIpc) is 3.20. The lowest BCUT2D eigenvalue weighted by Gasteiger charge is -2.38. The SMILES string of the molecule is COC(=O)c1[nH]c2ccc(Br)cc2c1NC(=O)C(C)N1CCN(c2cccc(C(F)(F)F)c2)CC1. The fourth-order valence-corrected chi connectivity index (χ4v) is 4.55. The molecule has 2 N–H and O–H groups in total. The van der Waals surface area contributed by atoms with E-state index >= 15 is 0 Å². The molecule has 1 aromatic heterocycles. The van der Waals surface area contributed by atoms with E-state index in [0.717, 1.165) is 16.6 Å². The summed E-state index contributed by atoms with van der Waals surface area (Å²) < 4.78 is 44.8. The Morgan fingerprint density at radius 3 is 2.49 bits per heavy atom. The molecule has 1 aliphatic rings. The lowest BCUT2D eigenvalue weighted by Crippen LogP contribution is -2.52. The van der Waals surface area contributed by atoms with Crippen molar-refractivity contribution in [2.45, 2.75) is 19.1 Å². The number of methoxy groups -OCH3 is 1. The minimum atomic E-state index is -4.40. The van der Waals surface area contributed by atoms with E-state index in [9.17, 15) is 22.8 Å². The van der Waals surface area contributed by atoms with Gasteiger partial charge in [-0.3, -0.25) is 9.69 Å². The maximum Gasteiger partial charge on any atom is 0.416 e. The second kappa shape index (κ2) is 9.90. The number of amides is 1. The Labute approximate surface area is 208 Å². The molecule has 3 aromatic rings. The molecule has 0 spiro atoms. The van der Waals surface area contributed by atoms with Crippen molar-refractivity contribution < 1.29 is 27.5 Å². The second-order valence-electron chi connectivity index (χ2n) is 8.29. The van der Waals surface area contributed by atoms with Gasteiger partial charge in [0.25, 0.3) is 0 Å². The predicted octanol–water partition coefficient (Wildman–Crippen LogP) is 4.89. The van der Waals surface area contributed by atoms with Crippen molar-refractivity contribution in [2.24, 2.45) is 0 Å². The minimum Gasteiger partial charge on any atom is -0.464 e. The van der Waals surface area contributed by atoms with E-state index < -0.39 is 23.8 Å². The van der Waals surface area contributed by atoms with E-state index in [0.29, 0.717) is 48.5 Å². The van der Waals surface area contributed by atoms with Gasteiger partial charge in [-0.25, -0.2) is 4.79 Å². The minimum absolute atomic E-state index is 0.149. The number of carbonyl (C=O) groups is 2. The number of alkyl halides is 3. The lowest BCUT2D eigenvalue weighted by molar-refractivity contribution is -0.137. The molecule has 2 heterocycles. The zero-order valence-corrected chi connectivity index (χ0v) is 20.7. The quantitative estimate of drug-likeness (QED) is 0.441. The Balaban J connectivity index is 1.46. The molecule has 1 aliphatic heterocycles. The van der Waals surface area contributed by atoms with Gasteiger partial charge in [-0.2, -0.15) is 13.2 Å². The fraction of sp³-hybridized carbons (Fsp3) is 0.333. The van der Waals surface area contributed by atoms with Crippen LogP contribution in [0.25, 0.3) is 10.9 Å². The van der Waals surface area contributed by atoms with E-state index in [1.807, 2.05) is 15.9 Å². The molecule has 1 unspecified atom stereocenters. The summed E-state index contributed by atoms with van der Waals surface area (Å²) >= 11 is 3.41. The van der Waals surface area contributed by atoms with Crippen molar-refractivity contribution in [1.82, 2.24) is 9.88 Å². The number of rotatable bonds is 5. The molecule has 1 atom stereocenters. The van der Waals surface area contributed by atoms with Crippen molar-refractivity contribution in [3.05, 3.63) is 58.2 Å². The summed E-state index contributed by atoms with van der Waals surface area (Å²) in [4.78, 5) is 32.3. The number of nitrogens with one attached hydrogen (secondary N) is 2. The summed E-state index contributed by atoms with van der Waals surface area (Å²) in [6.45, 7) is 3.71. The van der Waals surface area contributed by atoms with E-state index in [1.165, 1.54) is 13.2 Å². The normalized spacial score (nSPS) is 15.8. The van der Waals surface area contributed by atoms with Gasteiger partial charge < -0.3 is 19.9 Å². The number of anilines is 2. The van der Waals surface area contributed by atoms with Gasteiger partial charge in [0.15, 0.2) is 0 Å². The molecule has 2 aromatic carbocycles. The van der Waals surface area contributed by atoms with Crippen molar-refractivity contribution >= 4 is 50.1 Å². The van der Waals surface area contributed by atoms with E-state index in [2.05, 4.69) is 26.2 Å². The molecule has 1 amide bonds. The summed E-state index contributed by atoms with van der Waals surface area (Å²) in [5, 5.41) is 3.53. The highest BCUT2D eigenvalue weighted by atomic mass is 79.9. The molecule has 4 rings (SSSR count). The first kappa shape index (κ1) is 25.1. The number of hydrogen-bond donors (Lipinski definition) is 2. The summed E-state index contributed by atoms with van der Waals surface area (Å²) in [6.07, 6.45) is -4.40. The third-order valence-electron chi connectivity index (χ3n) is 6.18. The van der Waals surface area contributed by atoms with Crippen molar-refractivity contribution in [2.75, 3.05) is 43.5 Å². The standard InChI is InChI=1S/C24H24BrF3N4O3/c1-14(31-8-10-32(11-9-31)17-5-3-4-15(12-17)24(26,27)28)22(33)30-20-18-13-16(25)6-7-19(18)29-21(20)23(34)35-2/h3-7,12-14,29H,8-11H2,1-2H3,(H,30,33). The van der Waals surface area contributed by atoms with Crippen molar-refractivity contribution in [3.63, 3.8) is 0 Å². The Morgan fingerprint density at radius 1 is 1.11 bits per heavy atom. The van der Waals surface area contributed by atoms with Gasteiger partial charge in [0.05, 0.1) is 24.4 Å². The number of fused-ring (bicyclic) bond motifs is 1. The summed E-state index contributed by atoms with van der Waals surface area (Å²) in [7, 11) is 1.27. The van der Waals surface area contributed by atoms with E-state index in [-0.39, 0.29) is 11.6 Å². The van der Waals surface area contributed by atoms with Crippen LogP contribution in [-0.2, 0) is 15.7 Å². The van der Waals surface area contributed by atoms with Crippen LogP contribution in [0, 0.1) is 0 Å². The fourth-order valence-electron chi connectivity index (χ4n) is 4.19. The molecule has 11 heteroatoms. The van der Waals surface area contributed by atoms with E-state index in [4.69, 9.17) is 4.74 Å². The largest absolute Gasteiger partial charge is 0.464 e. The number of carbonyl (C=O) groups excluding carboxylic acids is 2. The number of halogens is 4. The summed E-state index contributed by atoms with van der Waals surface area (Å²) in [5.74, 6) is -0.904. The first-order valence-corrected chi connectivity index (χ1v) is 11.7. The molecule has 0 saturated carbocycles. The summed E-state index contributed by atoms with van der Waals surface area (Å²) in [6, 6.07) is 10.1. The first-order valence-electron chi connectivity index (χ1n) is 10.9. The smallest absolute Gasteiger partial charge is 0.416 e. The molecule has 7 nitrogen and oxygen atoms in total. The number of benzene rings is 2. The summed E-state index contributed by atoms with van der Waals surface area (Å²) in [5.41, 5.74) is 0.981. The van der Waals surface area contributed by atoms with E-state index in [1.54, 1.807) is 25.1 Å². The van der Waals surface area contributed by atoms with Crippen LogP contribution in [0.15, 0.2) is 46.9 Å². The molecule has 1 fully saturated rings. The zero-order chi connectivity index (χ0) is 25.3. The second-order valence-corrected chi connectivity index (χ2v) is 9.21. The van der Waals surface area contributed by atoms with Gasteiger partial charge >= 0.3 is 12.1 Å². The molecule has 0 aliphatic carbocycles. The van der Waals surface area contributed by atoms with Crippen LogP contribution in [0.4, 0.5) is 24.5 Å². The molecule has 0 bridgehead atoms. The maximum atomic E-state index is 13.1. The monoisotopic (exact) mass is 552 g/mol. The third kappa shape index (κ3) is 5.30. The maximum absolute atomic E-state index is 13.1. The Bertz CT molecular complexity index is 1250. The Morgan fingerprint density at radius 2 is 1.83 bits per heavy atom.